The molecule has 2 fully saturated rings. The van der Waals surface area contributed by atoms with E-state index in [4.69, 9.17) is 0 Å². The fraction of sp³-hybridized carbons (Fsp3) is 1.00. The molecule has 2 N–H and O–H groups in total. The molecule has 0 bridgehead atoms. The third-order valence-corrected chi connectivity index (χ3v) is 6.90. The molecule has 2 rings (SSSR count). The van der Waals surface area contributed by atoms with Crippen LogP contribution < -0.4 is 10.0 Å². The van der Waals surface area contributed by atoms with E-state index < -0.39 is 10.0 Å². The van der Waals surface area contributed by atoms with Gasteiger partial charge in [0.15, 0.2) is 0 Å². The van der Waals surface area contributed by atoms with Gasteiger partial charge in [0.25, 0.3) is 0 Å². The van der Waals surface area contributed by atoms with Crippen molar-refractivity contribution in [1.29, 1.82) is 0 Å². The van der Waals surface area contributed by atoms with Crippen molar-refractivity contribution in [2.24, 2.45) is 0 Å². The lowest BCUT2D eigenvalue weighted by atomic mass is 10.3. The molecule has 4 nitrogen and oxygen atoms in total. The molecule has 0 heterocycles. The summed E-state index contributed by atoms with van der Waals surface area (Å²) in [6, 6.07) is 0.696. The highest BCUT2D eigenvalue weighted by Gasteiger charge is 2.33. The maximum atomic E-state index is 12.2. The van der Waals surface area contributed by atoms with Gasteiger partial charge < -0.3 is 5.32 Å². The normalized spacial score (nSPS) is 30.6. The minimum Gasteiger partial charge on any atom is -0.313 e. The van der Waals surface area contributed by atoms with Gasteiger partial charge in [0.2, 0.25) is 10.0 Å². The fourth-order valence-electron chi connectivity index (χ4n) is 2.40. The van der Waals surface area contributed by atoms with Crippen LogP contribution in [0, 0.1) is 0 Å². The topological polar surface area (TPSA) is 58.2 Å². The number of rotatable bonds is 7. The zero-order chi connectivity index (χ0) is 13.2. The van der Waals surface area contributed by atoms with E-state index in [9.17, 15) is 8.42 Å². The van der Waals surface area contributed by atoms with E-state index in [1.54, 1.807) is 18.7 Å². The molecule has 18 heavy (non-hydrogen) atoms. The molecule has 0 aliphatic heterocycles. The Kier molecular flexibility index (Phi) is 4.97. The average Bonchev–Trinajstić information content (AvgIpc) is 3.05. The van der Waals surface area contributed by atoms with Crippen LogP contribution >= 0.6 is 11.8 Å². The highest BCUT2D eigenvalue weighted by atomic mass is 32.2. The van der Waals surface area contributed by atoms with Crippen molar-refractivity contribution in [3.05, 3.63) is 0 Å². The molecule has 0 aromatic carbocycles. The minimum atomic E-state index is -3.18. The van der Waals surface area contributed by atoms with Gasteiger partial charge in [-0.1, -0.05) is 6.42 Å². The van der Waals surface area contributed by atoms with E-state index >= 15 is 0 Å². The Bertz CT molecular complexity index is 368. The first-order valence-electron chi connectivity index (χ1n) is 6.80. The van der Waals surface area contributed by atoms with Crippen LogP contribution in [-0.2, 0) is 10.0 Å². The third-order valence-electron chi connectivity index (χ3n) is 3.87. The van der Waals surface area contributed by atoms with Crippen LogP contribution in [0.3, 0.4) is 0 Å². The van der Waals surface area contributed by atoms with E-state index in [0.717, 1.165) is 19.3 Å². The van der Waals surface area contributed by atoms with Crippen LogP contribution in [0.1, 0.15) is 39.0 Å². The smallest absolute Gasteiger partial charge is 0.215 e. The van der Waals surface area contributed by atoms with Crippen molar-refractivity contribution in [3.8, 4) is 0 Å². The quantitative estimate of drug-likeness (QED) is 0.743. The third kappa shape index (κ3) is 3.85. The average molecular weight is 292 g/mol. The molecule has 0 amide bonds. The number of hydrogen-bond acceptors (Lipinski definition) is 4. The van der Waals surface area contributed by atoms with Crippen LogP contribution in [0.5, 0.6) is 0 Å². The summed E-state index contributed by atoms with van der Waals surface area (Å²) in [5, 5.41) is 3.39. The van der Waals surface area contributed by atoms with E-state index in [0.29, 0.717) is 17.8 Å². The lowest BCUT2D eigenvalue weighted by Gasteiger charge is -2.22. The van der Waals surface area contributed by atoms with Crippen LogP contribution in [-0.4, -0.2) is 43.8 Å². The van der Waals surface area contributed by atoms with E-state index in [1.165, 1.54) is 12.8 Å². The summed E-state index contributed by atoms with van der Waals surface area (Å²) >= 11 is 1.78. The molecule has 3 atom stereocenters. The summed E-state index contributed by atoms with van der Waals surface area (Å²) in [6.07, 6.45) is 7.69. The molecule has 0 aromatic heterocycles. The maximum Gasteiger partial charge on any atom is 0.215 e. The number of thioether (sulfide) groups is 1. The van der Waals surface area contributed by atoms with Crippen molar-refractivity contribution in [1.82, 2.24) is 10.0 Å². The summed E-state index contributed by atoms with van der Waals surface area (Å²) in [4.78, 5) is 0. The molecule has 106 valence electrons. The van der Waals surface area contributed by atoms with Crippen LogP contribution in [0.4, 0.5) is 0 Å². The van der Waals surface area contributed by atoms with Crippen molar-refractivity contribution in [2.75, 3.05) is 12.8 Å². The fourth-order valence-corrected chi connectivity index (χ4v) is 4.67. The summed E-state index contributed by atoms with van der Waals surface area (Å²) < 4.78 is 27.4. The van der Waals surface area contributed by atoms with Gasteiger partial charge in [0.1, 0.15) is 0 Å². The Balaban J connectivity index is 1.84. The van der Waals surface area contributed by atoms with Gasteiger partial charge in [-0.05, 0) is 38.9 Å². The second-order valence-corrected chi connectivity index (χ2v) is 8.67. The Morgan fingerprint density at radius 2 is 2.00 bits per heavy atom. The number of sulfonamides is 1. The standard InChI is InChI=1S/C12H24N2O2S2/c1-9(8-13-10-6-7-10)18(15,16)14-11-4-3-5-12(11)17-2/h9-14H,3-8H2,1-2H3. The first-order valence-corrected chi connectivity index (χ1v) is 9.63. The maximum absolute atomic E-state index is 12.2. The van der Waals surface area contributed by atoms with Crippen LogP contribution in [0.2, 0.25) is 0 Å². The largest absolute Gasteiger partial charge is 0.313 e. The summed E-state index contributed by atoms with van der Waals surface area (Å²) in [6.45, 7) is 2.36. The van der Waals surface area contributed by atoms with Crippen LogP contribution in [0.25, 0.3) is 0 Å². The Morgan fingerprint density at radius 3 is 2.61 bits per heavy atom. The number of nitrogens with one attached hydrogen (secondary N) is 2. The zero-order valence-corrected chi connectivity index (χ0v) is 12.8. The second kappa shape index (κ2) is 6.11. The summed E-state index contributed by atoms with van der Waals surface area (Å²) in [5.41, 5.74) is 0. The molecular weight excluding hydrogens is 268 g/mol. The first kappa shape index (κ1) is 14.6. The zero-order valence-electron chi connectivity index (χ0n) is 11.2. The molecule has 0 radical (unpaired) electrons. The van der Waals surface area contributed by atoms with Crippen molar-refractivity contribution in [3.63, 3.8) is 0 Å². The second-order valence-electron chi connectivity index (χ2n) is 5.47. The molecular formula is C12H24N2O2S2. The molecule has 2 aliphatic rings. The Morgan fingerprint density at radius 1 is 1.28 bits per heavy atom. The minimum absolute atomic E-state index is 0.133. The molecule has 0 aromatic rings. The van der Waals surface area contributed by atoms with Crippen molar-refractivity contribution < 1.29 is 8.42 Å². The molecule has 3 unspecified atom stereocenters. The van der Waals surface area contributed by atoms with Gasteiger partial charge in [0, 0.05) is 23.9 Å². The Hall–Kier alpha value is 0.220. The van der Waals surface area contributed by atoms with Crippen molar-refractivity contribution in [2.45, 2.75) is 61.6 Å². The molecule has 2 saturated carbocycles. The van der Waals surface area contributed by atoms with Gasteiger partial charge in [-0.3, -0.25) is 0 Å². The summed E-state index contributed by atoms with van der Waals surface area (Å²) in [5.74, 6) is 0. The van der Waals surface area contributed by atoms with E-state index in [2.05, 4.69) is 16.3 Å². The van der Waals surface area contributed by atoms with Gasteiger partial charge in [-0.25, -0.2) is 13.1 Å². The molecule has 0 saturated heterocycles. The predicted molar refractivity (Wildman–Crippen MR) is 77.5 cm³/mol. The first-order chi connectivity index (χ1) is 8.53. The summed E-state index contributed by atoms with van der Waals surface area (Å²) in [7, 11) is -3.18. The van der Waals surface area contributed by atoms with Gasteiger partial charge in [-0.15, -0.1) is 0 Å². The lowest BCUT2D eigenvalue weighted by Crippen LogP contribution is -2.45. The van der Waals surface area contributed by atoms with E-state index in [1.807, 2.05) is 0 Å². The Labute approximate surface area is 115 Å². The highest BCUT2D eigenvalue weighted by Crippen LogP contribution is 2.29. The van der Waals surface area contributed by atoms with E-state index in [-0.39, 0.29) is 11.3 Å². The van der Waals surface area contributed by atoms with Gasteiger partial charge in [-0.2, -0.15) is 11.8 Å². The van der Waals surface area contributed by atoms with Crippen molar-refractivity contribution >= 4 is 21.8 Å². The molecule has 6 heteroatoms. The number of hydrogen-bond donors (Lipinski definition) is 2. The molecule has 0 spiro atoms. The van der Waals surface area contributed by atoms with Gasteiger partial charge >= 0.3 is 0 Å². The predicted octanol–water partition coefficient (Wildman–Crippen LogP) is 1.33. The molecule has 2 aliphatic carbocycles. The lowest BCUT2D eigenvalue weighted by molar-refractivity contribution is 0.535. The van der Waals surface area contributed by atoms with Gasteiger partial charge in [0.05, 0.1) is 5.25 Å². The monoisotopic (exact) mass is 292 g/mol. The van der Waals surface area contributed by atoms with Crippen LogP contribution in [0.15, 0.2) is 0 Å². The highest BCUT2D eigenvalue weighted by molar-refractivity contribution is 7.99. The SMILES string of the molecule is CSC1CCCC1NS(=O)(=O)C(C)CNC1CC1.